The van der Waals surface area contributed by atoms with E-state index in [2.05, 4.69) is 20.2 Å². The lowest BCUT2D eigenvalue weighted by atomic mass is 10.1. The number of aryl methyl sites for hydroxylation is 1. The summed E-state index contributed by atoms with van der Waals surface area (Å²) < 4.78 is 3.72. The number of aromatic nitrogens is 5. The molecule has 0 radical (unpaired) electrons. The molecule has 0 spiro atoms. The average molecular weight is 303 g/mol. The number of rotatable bonds is 4. The summed E-state index contributed by atoms with van der Waals surface area (Å²) in [4.78, 5) is 20.7. The van der Waals surface area contributed by atoms with Crippen molar-refractivity contribution in [1.82, 2.24) is 34.3 Å². The molecule has 2 aromatic heterocycles. The smallest absolute Gasteiger partial charge is 0.242 e. The molecule has 3 heterocycles. The Morgan fingerprint density at radius 1 is 1.41 bits per heavy atom. The first-order valence-corrected chi connectivity index (χ1v) is 7.33. The molecular weight excluding hydrogens is 282 g/mol. The van der Waals surface area contributed by atoms with Gasteiger partial charge >= 0.3 is 0 Å². The van der Waals surface area contributed by atoms with Crippen molar-refractivity contribution in [3.05, 3.63) is 30.6 Å². The van der Waals surface area contributed by atoms with Gasteiger partial charge in [0.05, 0.1) is 24.6 Å². The third-order valence-electron chi connectivity index (χ3n) is 4.28. The van der Waals surface area contributed by atoms with Gasteiger partial charge in [0.25, 0.3) is 0 Å². The largest absolute Gasteiger partial charge is 0.337 e. The van der Waals surface area contributed by atoms with E-state index in [1.165, 1.54) is 0 Å². The number of carbonyl (C=O) groups excluding carboxylic acids is 1. The molecule has 118 valence electrons. The highest BCUT2D eigenvalue weighted by atomic mass is 16.2. The lowest BCUT2D eigenvalue weighted by molar-refractivity contribution is -0.131. The maximum absolute atomic E-state index is 12.6. The lowest BCUT2D eigenvalue weighted by Gasteiger charge is -2.24. The van der Waals surface area contributed by atoms with Gasteiger partial charge in [0, 0.05) is 31.2 Å². The second-order valence-corrected chi connectivity index (χ2v) is 5.94. The first-order chi connectivity index (χ1) is 10.6. The number of hydrogen-bond donors (Lipinski definition) is 0. The van der Waals surface area contributed by atoms with Crippen molar-refractivity contribution in [2.24, 2.45) is 0 Å². The first kappa shape index (κ1) is 14.7. The Morgan fingerprint density at radius 2 is 2.23 bits per heavy atom. The van der Waals surface area contributed by atoms with Crippen molar-refractivity contribution in [3.63, 3.8) is 0 Å². The fraction of sp³-hybridized carbons (Fsp3) is 0.571. The van der Waals surface area contributed by atoms with Crippen LogP contribution < -0.4 is 0 Å². The normalized spacial score (nSPS) is 21.7. The van der Waals surface area contributed by atoms with Crippen LogP contribution in [-0.2, 0) is 11.3 Å². The quantitative estimate of drug-likeness (QED) is 0.782. The molecule has 3 rings (SSSR count). The Balaban J connectivity index is 1.73. The molecule has 1 amide bonds. The number of imidazole rings is 1. The summed E-state index contributed by atoms with van der Waals surface area (Å²) in [5.74, 6) is 0.107. The number of nitrogens with zero attached hydrogens (tertiary/aromatic N) is 7. The van der Waals surface area contributed by atoms with Crippen LogP contribution in [0.4, 0.5) is 0 Å². The fourth-order valence-electron chi connectivity index (χ4n) is 2.93. The average Bonchev–Trinajstić information content (AvgIpc) is 3.18. The van der Waals surface area contributed by atoms with Crippen LogP contribution in [0.25, 0.3) is 0 Å². The maximum atomic E-state index is 12.6. The van der Waals surface area contributed by atoms with Gasteiger partial charge in [-0.25, -0.2) is 9.67 Å². The van der Waals surface area contributed by atoms with E-state index in [0.29, 0.717) is 19.6 Å². The van der Waals surface area contributed by atoms with Crippen molar-refractivity contribution in [3.8, 4) is 0 Å². The molecule has 1 fully saturated rings. The molecule has 0 aromatic carbocycles. The van der Waals surface area contributed by atoms with Crippen molar-refractivity contribution < 1.29 is 4.79 Å². The summed E-state index contributed by atoms with van der Waals surface area (Å²) in [5.41, 5.74) is 0.990. The summed E-state index contributed by atoms with van der Waals surface area (Å²) >= 11 is 0. The van der Waals surface area contributed by atoms with Gasteiger partial charge in [0.1, 0.15) is 6.54 Å². The highest BCUT2D eigenvalue weighted by molar-refractivity contribution is 5.76. The molecule has 22 heavy (non-hydrogen) atoms. The third-order valence-corrected chi connectivity index (χ3v) is 4.28. The van der Waals surface area contributed by atoms with Gasteiger partial charge in [-0.1, -0.05) is 5.21 Å². The predicted octanol–water partition coefficient (Wildman–Crippen LogP) is -0.203. The Hall–Kier alpha value is -2.22. The maximum Gasteiger partial charge on any atom is 0.242 e. The minimum absolute atomic E-state index is 0.107. The second-order valence-electron chi connectivity index (χ2n) is 5.94. The molecular formula is C14H21N7O. The molecule has 8 nitrogen and oxygen atoms in total. The summed E-state index contributed by atoms with van der Waals surface area (Å²) in [6.07, 6.45) is 6.99. The molecule has 2 atom stereocenters. The van der Waals surface area contributed by atoms with Gasteiger partial charge < -0.3 is 14.4 Å². The van der Waals surface area contributed by atoms with Gasteiger partial charge in [-0.15, -0.1) is 5.10 Å². The molecule has 0 saturated carbocycles. The van der Waals surface area contributed by atoms with Crippen molar-refractivity contribution >= 4 is 5.91 Å². The van der Waals surface area contributed by atoms with E-state index in [-0.39, 0.29) is 18.0 Å². The molecule has 0 N–H and O–H groups in total. The van der Waals surface area contributed by atoms with Crippen LogP contribution in [0.3, 0.4) is 0 Å². The molecule has 1 aliphatic rings. The zero-order chi connectivity index (χ0) is 15.7. The van der Waals surface area contributed by atoms with Crippen LogP contribution in [0.5, 0.6) is 0 Å². The van der Waals surface area contributed by atoms with Crippen LogP contribution >= 0.6 is 0 Å². The molecule has 0 unspecified atom stereocenters. The number of likely N-dealkylation sites (tertiary alicyclic amines) is 1. The van der Waals surface area contributed by atoms with Crippen LogP contribution in [0.15, 0.2) is 24.9 Å². The van der Waals surface area contributed by atoms with E-state index in [1.54, 1.807) is 18.7 Å². The Kier molecular flexibility index (Phi) is 3.93. The predicted molar refractivity (Wildman–Crippen MR) is 80.1 cm³/mol. The molecule has 2 aromatic rings. The van der Waals surface area contributed by atoms with E-state index >= 15 is 0 Å². The van der Waals surface area contributed by atoms with E-state index in [4.69, 9.17) is 0 Å². The van der Waals surface area contributed by atoms with Gasteiger partial charge in [-0.3, -0.25) is 4.79 Å². The van der Waals surface area contributed by atoms with Crippen LogP contribution in [0.2, 0.25) is 0 Å². The Bertz CT molecular complexity index is 633. The third kappa shape index (κ3) is 2.74. The van der Waals surface area contributed by atoms with E-state index in [1.807, 2.05) is 41.4 Å². The zero-order valence-corrected chi connectivity index (χ0v) is 13.1. The highest BCUT2D eigenvalue weighted by Gasteiger charge is 2.38. The minimum atomic E-state index is 0.107. The number of amides is 1. The minimum Gasteiger partial charge on any atom is -0.337 e. The number of likely N-dealkylation sites (N-methyl/N-ethyl adjacent to an activating group) is 1. The van der Waals surface area contributed by atoms with Crippen molar-refractivity contribution in [2.45, 2.75) is 25.6 Å². The lowest BCUT2D eigenvalue weighted by Crippen LogP contribution is -2.37. The second kappa shape index (κ2) is 5.88. The molecule has 0 bridgehead atoms. The first-order valence-electron chi connectivity index (χ1n) is 7.33. The SMILES string of the molecule is Cc1cncn1CC(=O)N1C[C@@H](N(C)C)[C@@H](n2ccnn2)C1. The Labute approximate surface area is 129 Å². The zero-order valence-electron chi connectivity index (χ0n) is 13.1. The summed E-state index contributed by atoms with van der Waals surface area (Å²) in [6, 6.07) is 0.361. The standard InChI is InChI=1S/C14H21N7O/c1-11-6-15-10-20(11)9-14(22)19-7-12(18(2)3)13(8-19)21-5-4-16-17-21/h4-6,10,12-13H,7-9H2,1-3H3/t12-,13+/m1/s1. The van der Waals surface area contributed by atoms with Crippen LogP contribution in [-0.4, -0.2) is 73.5 Å². The summed E-state index contributed by atoms with van der Waals surface area (Å²) in [7, 11) is 4.06. The van der Waals surface area contributed by atoms with Gasteiger partial charge in [-0.2, -0.15) is 0 Å². The highest BCUT2D eigenvalue weighted by Crippen LogP contribution is 2.24. The molecule has 1 saturated heterocycles. The van der Waals surface area contributed by atoms with E-state index in [9.17, 15) is 4.79 Å². The van der Waals surface area contributed by atoms with Gasteiger partial charge in [0.2, 0.25) is 5.91 Å². The van der Waals surface area contributed by atoms with Crippen molar-refractivity contribution in [1.29, 1.82) is 0 Å². The number of hydrogen-bond acceptors (Lipinski definition) is 5. The molecule has 8 heteroatoms. The van der Waals surface area contributed by atoms with E-state index in [0.717, 1.165) is 5.69 Å². The van der Waals surface area contributed by atoms with E-state index < -0.39 is 0 Å². The van der Waals surface area contributed by atoms with Crippen LogP contribution in [0, 0.1) is 6.92 Å². The molecule has 1 aliphatic heterocycles. The van der Waals surface area contributed by atoms with Gasteiger partial charge in [0.15, 0.2) is 0 Å². The summed E-state index contributed by atoms with van der Waals surface area (Å²) in [6.45, 7) is 3.63. The monoisotopic (exact) mass is 303 g/mol. The fourth-order valence-corrected chi connectivity index (χ4v) is 2.93. The number of carbonyl (C=O) groups is 1. The topological polar surface area (TPSA) is 72.1 Å². The van der Waals surface area contributed by atoms with Crippen LogP contribution in [0.1, 0.15) is 11.7 Å². The summed E-state index contributed by atoms with van der Waals surface area (Å²) in [5, 5.41) is 7.98. The molecule has 0 aliphatic carbocycles. The van der Waals surface area contributed by atoms with Crippen molar-refractivity contribution in [2.75, 3.05) is 27.2 Å². The van der Waals surface area contributed by atoms with Gasteiger partial charge in [-0.05, 0) is 21.0 Å². The Morgan fingerprint density at radius 3 is 2.82 bits per heavy atom.